The van der Waals surface area contributed by atoms with Gasteiger partial charge in [-0.25, -0.2) is 5.48 Å². The highest BCUT2D eigenvalue weighted by atomic mass is 32.1. The Morgan fingerprint density at radius 2 is 2.20 bits per heavy atom. The number of carbonyl (C=O) groups excluding carboxylic acids is 1. The predicted octanol–water partition coefficient (Wildman–Crippen LogP) is 3.14. The molecule has 9 heteroatoms. The van der Waals surface area contributed by atoms with Crippen LogP contribution in [0.1, 0.15) is 37.3 Å². The van der Waals surface area contributed by atoms with Crippen LogP contribution in [0.3, 0.4) is 0 Å². The van der Waals surface area contributed by atoms with E-state index in [-0.39, 0.29) is 22.9 Å². The summed E-state index contributed by atoms with van der Waals surface area (Å²) in [6.45, 7) is 2.56. The van der Waals surface area contributed by atoms with Gasteiger partial charge in [0.15, 0.2) is 0 Å². The molecule has 0 radical (unpaired) electrons. The van der Waals surface area contributed by atoms with Gasteiger partial charge in [0, 0.05) is 12.1 Å². The minimum Gasteiger partial charge on any atom is -0.493 e. The number of unbranched alkanes of at least 4 members (excludes halogenated alkanes) is 1. The molecule has 2 N–H and O–H groups in total. The number of nitrogens with one attached hydrogen (secondary N) is 1. The first-order valence-electron chi connectivity index (χ1n) is 7.88. The predicted molar refractivity (Wildman–Crippen MR) is 88.6 cm³/mol. The van der Waals surface area contributed by atoms with Crippen LogP contribution in [0.5, 0.6) is 5.75 Å². The molecular weight excluding hydrogens is 357 g/mol. The number of alkyl halides is 3. The van der Waals surface area contributed by atoms with Crippen molar-refractivity contribution in [3.8, 4) is 5.75 Å². The number of hydrogen-bond acceptors (Lipinski definition) is 4. The smallest absolute Gasteiger partial charge is 0.419 e. The maximum absolute atomic E-state index is 13.3. The van der Waals surface area contributed by atoms with Gasteiger partial charge in [0.1, 0.15) is 16.8 Å². The van der Waals surface area contributed by atoms with Crippen molar-refractivity contribution in [2.75, 3.05) is 13.2 Å². The van der Waals surface area contributed by atoms with Crippen LogP contribution in [-0.2, 0) is 11.0 Å². The number of ether oxygens (including phenoxy) is 1. The standard InChI is InChI=1S/C16H19F3N2O3S/c1-2-3-8-24-13-5-4-10(9-11(13)16(17,18)19)15(25)21-7-6-12(21)14(22)20-23/h4-5,9,12,23H,2-3,6-8H2,1H3,(H,20,22)/t12-/m1/s1. The lowest BCUT2D eigenvalue weighted by Crippen LogP contribution is -2.57. The number of hydroxylamine groups is 1. The Morgan fingerprint density at radius 3 is 2.72 bits per heavy atom. The molecule has 0 spiro atoms. The molecule has 1 heterocycles. The van der Waals surface area contributed by atoms with Crippen molar-refractivity contribution in [2.45, 2.75) is 38.4 Å². The highest BCUT2D eigenvalue weighted by molar-refractivity contribution is 7.80. The molecule has 0 saturated carbocycles. The molecular formula is C16H19F3N2O3S. The third kappa shape index (κ3) is 4.40. The second-order valence-corrected chi connectivity index (χ2v) is 6.08. The van der Waals surface area contributed by atoms with E-state index in [1.54, 1.807) is 0 Å². The summed E-state index contributed by atoms with van der Waals surface area (Å²) in [6, 6.07) is 2.97. The largest absolute Gasteiger partial charge is 0.493 e. The monoisotopic (exact) mass is 376 g/mol. The van der Waals surface area contributed by atoms with Gasteiger partial charge in [0.25, 0.3) is 5.91 Å². The van der Waals surface area contributed by atoms with E-state index in [0.29, 0.717) is 19.4 Å². The quantitative estimate of drug-likeness (QED) is 0.346. The van der Waals surface area contributed by atoms with Gasteiger partial charge in [0.05, 0.1) is 12.2 Å². The van der Waals surface area contributed by atoms with Crippen LogP contribution in [-0.4, -0.2) is 40.2 Å². The third-order valence-electron chi connectivity index (χ3n) is 3.98. The fourth-order valence-electron chi connectivity index (χ4n) is 2.48. The fraction of sp³-hybridized carbons (Fsp3) is 0.500. The van der Waals surface area contributed by atoms with Crippen molar-refractivity contribution in [1.29, 1.82) is 0 Å². The molecule has 1 amide bonds. The van der Waals surface area contributed by atoms with Crippen molar-refractivity contribution in [3.05, 3.63) is 29.3 Å². The molecule has 1 fully saturated rings. The maximum Gasteiger partial charge on any atom is 0.419 e. The van der Waals surface area contributed by atoms with Gasteiger partial charge in [-0.15, -0.1) is 0 Å². The van der Waals surface area contributed by atoms with E-state index in [4.69, 9.17) is 22.2 Å². The summed E-state index contributed by atoms with van der Waals surface area (Å²) < 4.78 is 45.2. The molecule has 1 aromatic rings. The van der Waals surface area contributed by atoms with Crippen molar-refractivity contribution in [1.82, 2.24) is 10.4 Å². The van der Waals surface area contributed by atoms with E-state index >= 15 is 0 Å². The number of carbonyl (C=O) groups is 1. The molecule has 0 unspecified atom stereocenters. The number of likely N-dealkylation sites (tertiary alicyclic amines) is 1. The van der Waals surface area contributed by atoms with Gasteiger partial charge < -0.3 is 9.64 Å². The van der Waals surface area contributed by atoms with Gasteiger partial charge >= 0.3 is 6.18 Å². The highest BCUT2D eigenvalue weighted by Gasteiger charge is 2.38. The van der Waals surface area contributed by atoms with Crippen LogP contribution in [0.25, 0.3) is 0 Å². The van der Waals surface area contributed by atoms with Crippen LogP contribution >= 0.6 is 12.2 Å². The zero-order valence-electron chi connectivity index (χ0n) is 13.6. The number of benzene rings is 1. The zero-order valence-corrected chi connectivity index (χ0v) is 14.4. The second-order valence-electron chi connectivity index (χ2n) is 5.69. The topological polar surface area (TPSA) is 61.8 Å². The summed E-state index contributed by atoms with van der Waals surface area (Å²) in [5.41, 5.74) is 0.821. The summed E-state index contributed by atoms with van der Waals surface area (Å²) in [4.78, 5) is 13.1. The summed E-state index contributed by atoms with van der Waals surface area (Å²) in [6.07, 6.45) is -2.64. The molecule has 1 aliphatic heterocycles. The average Bonchev–Trinajstić information content (AvgIpc) is 2.53. The number of thiocarbonyl (C=S) groups is 1. The van der Waals surface area contributed by atoms with Gasteiger partial charge in [-0.3, -0.25) is 10.0 Å². The number of rotatable bonds is 6. The molecule has 0 aromatic heterocycles. The van der Waals surface area contributed by atoms with Gasteiger partial charge in [-0.1, -0.05) is 25.6 Å². The summed E-state index contributed by atoms with van der Waals surface area (Å²) in [5, 5.41) is 8.70. The molecule has 2 rings (SSSR count). The molecule has 1 atom stereocenters. The van der Waals surface area contributed by atoms with Crippen molar-refractivity contribution in [2.24, 2.45) is 0 Å². The summed E-state index contributed by atoms with van der Waals surface area (Å²) >= 11 is 5.23. The van der Waals surface area contributed by atoms with Gasteiger partial charge in [0.2, 0.25) is 0 Å². The normalized spacial score (nSPS) is 17.0. The highest BCUT2D eigenvalue weighted by Crippen LogP contribution is 2.37. The Bertz CT molecular complexity index is 652. The first kappa shape index (κ1) is 19.5. The van der Waals surface area contributed by atoms with E-state index < -0.39 is 23.7 Å². The Kier molecular flexibility index (Phi) is 6.23. The molecule has 25 heavy (non-hydrogen) atoms. The Hall–Kier alpha value is -1.87. The van der Waals surface area contributed by atoms with Crippen LogP contribution in [0.15, 0.2) is 18.2 Å². The van der Waals surface area contributed by atoms with E-state index in [1.165, 1.54) is 22.5 Å². The zero-order chi connectivity index (χ0) is 18.6. The third-order valence-corrected chi connectivity index (χ3v) is 4.45. The van der Waals surface area contributed by atoms with Crippen molar-refractivity contribution in [3.63, 3.8) is 0 Å². The van der Waals surface area contributed by atoms with Crippen LogP contribution in [0, 0.1) is 0 Å². The van der Waals surface area contributed by atoms with Gasteiger partial charge in [-0.2, -0.15) is 13.2 Å². The minimum absolute atomic E-state index is 0.130. The fourth-order valence-corrected chi connectivity index (χ4v) is 2.83. The van der Waals surface area contributed by atoms with Crippen LogP contribution in [0.2, 0.25) is 0 Å². The average molecular weight is 376 g/mol. The van der Waals surface area contributed by atoms with Crippen LogP contribution in [0.4, 0.5) is 13.2 Å². The number of amides is 1. The molecule has 0 bridgehead atoms. The van der Waals surface area contributed by atoms with E-state index in [2.05, 4.69) is 0 Å². The van der Waals surface area contributed by atoms with Crippen LogP contribution < -0.4 is 10.2 Å². The molecule has 1 saturated heterocycles. The SMILES string of the molecule is CCCCOc1ccc(C(=S)N2CC[C@@H]2C(=O)NO)cc1C(F)(F)F. The van der Waals surface area contributed by atoms with Gasteiger partial charge in [-0.05, 0) is 31.0 Å². The second kappa shape index (κ2) is 8.01. The maximum atomic E-state index is 13.3. The number of halogens is 3. The summed E-state index contributed by atoms with van der Waals surface area (Å²) in [7, 11) is 0. The number of hydrogen-bond donors (Lipinski definition) is 2. The minimum atomic E-state index is -4.58. The molecule has 0 aliphatic carbocycles. The first-order chi connectivity index (χ1) is 11.8. The molecule has 1 aromatic carbocycles. The first-order valence-corrected chi connectivity index (χ1v) is 8.29. The Labute approximate surface area is 148 Å². The van der Waals surface area contributed by atoms with E-state index in [1.807, 2.05) is 6.92 Å². The van der Waals surface area contributed by atoms with E-state index in [0.717, 1.165) is 12.5 Å². The molecule has 138 valence electrons. The van der Waals surface area contributed by atoms with E-state index in [9.17, 15) is 18.0 Å². The Morgan fingerprint density at radius 1 is 1.48 bits per heavy atom. The lowest BCUT2D eigenvalue weighted by molar-refractivity contribution is -0.139. The lowest BCUT2D eigenvalue weighted by Gasteiger charge is -2.41. The van der Waals surface area contributed by atoms with Crippen molar-refractivity contribution < 1.29 is 27.9 Å². The lowest BCUT2D eigenvalue weighted by atomic mass is 10.00. The Balaban J connectivity index is 2.24. The molecule has 1 aliphatic rings. The summed E-state index contributed by atoms with van der Waals surface area (Å²) in [5.74, 6) is -0.870. The number of nitrogens with zero attached hydrogens (tertiary/aromatic N) is 1. The van der Waals surface area contributed by atoms with Crippen molar-refractivity contribution >= 4 is 23.1 Å². The molecule has 5 nitrogen and oxygen atoms in total.